The van der Waals surface area contributed by atoms with E-state index in [4.69, 9.17) is 9.47 Å². The van der Waals surface area contributed by atoms with Crippen LogP contribution in [0.3, 0.4) is 0 Å². The van der Waals surface area contributed by atoms with Crippen LogP contribution in [-0.2, 0) is 0 Å². The average Bonchev–Trinajstić information content (AvgIpc) is 2.88. The summed E-state index contributed by atoms with van der Waals surface area (Å²) in [6.07, 6.45) is 1.55. The lowest BCUT2D eigenvalue weighted by Gasteiger charge is -2.28. The summed E-state index contributed by atoms with van der Waals surface area (Å²) >= 11 is 0. The number of esters is 1. The van der Waals surface area contributed by atoms with E-state index in [1.807, 2.05) is 20.8 Å². The lowest BCUT2D eigenvalue weighted by Crippen LogP contribution is -2.30. The zero-order chi connectivity index (χ0) is 27.3. The number of rotatable bonds is 10. The van der Waals surface area contributed by atoms with Crippen molar-refractivity contribution >= 4 is 17.5 Å². The molecule has 0 unspecified atom stereocenters. The van der Waals surface area contributed by atoms with Gasteiger partial charge in [0.1, 0.15) is 28.6 Å². The van der Waals surface area contributed by atoms with E-state index in [9.17, 15) is 24.6 Å². The number of Topliss-reactive ketones (excluding diaryl/α,β-unsaturated/α-hetero) is 1. The molecular formula is C30H32O7. The number of ether oxygens (including phenoxy) is 2. The van der Waals surface area contributed by atoms with Crippen molar-refractivity contribution in [1.29, 1.82) is 0 Å². The van der Waals surface area contributed by atoms with Gasteiger partial charge in [0.25, 0.3) is 0 Å². The molecule has 0 aliphatic carbocycles. The maximum absolute atomic E-state index is 13.0. The second-order valence-corrected chi connectivity index (χ2v) is 9.43. The smallest absolute Gasteiger partial charge is 0.343 e. The number of benzene rings is 3. The van der Waals surface area contributed by atoms with Crippen molar-refractivity contribution in [2.75, 3.05) is 0 Å². The molecule has 0 fully saturated rings. The molecule has 0 spiro atoms. The van der Waals surface area contributed by atoms with Crippen LogP contribution >= 0.6 is 0 Å². The first-order chi connectivity index (χ1) is 17.5. The molecule has 0 atom stereocenters. The van der Waals surface area contributed by atoms with E-state index < -0.39 is 23.1 Å². The van der Waals surface area contributed by atoms with Gasteiger partial charge in [0, 0.05) is 23.6 Å². The van der Waals surface area contributed by atoms with Crippen LogP contribution in [0.25, 0.3) is 0 Å². The molecule has 37 heavy (non-hydrogen) atoms. The Balaban J connectivity index is 1.74. The van der Waals surface area contributed by atoms with Crippen molar-refractivity contribution in [3.63, 3.8) is 0 Å². The van der Waals surface area contributed by atoms with Gasteiger partial charge in [-0.1, -0.05) is 39.8 Å². The van der Waals surface area contributed by atoms with E-state index in [0.717, 1.165) is 18.9 Å². The molecule has 7 nitrogen and oxygen atoms in total. The number of aromatic hydroxyl groups is 2. The van der Waals surface area contributed by atoms with Gasteiger partial charge in [-0.3, -0.25) is 9.59 Å². The molecule has 2 N–H and O–H groups in total. The Morgan fingerprint density at radius 2 is 1.27 bits per heavy atom. The first kappa shape index (κ1) is 27.5. The first-order valence-corrected chi connectivity index (χ1v) is 12.2. The first-order valence-electron chi connectivity index (χ1n) is 12.2. The summed E-state index contributed by atoms with van der Waals surface area (Å²) in [6, 6.07) is 14.4. The number of phenolic OH excluding ortho intramolecular Hbond substituents is 2. The molecular weight excluding hydrogens is 472 g/mol. The fourth-order valence-corrected chi connectivity index (χ4v) is 3.63. The van der Waals surface area contributed by atoms with Crippen LogP contribution in [0.2, 0.25) is 0 Å². The molecule has 0 aliphatic heterocycles. The fraction of sp³-hybridized carbons (Fsp3) is 0.300. The van der Waals surface area contributed by atoms with Crippen molar-refractivity contribution < 1.29 is 34.1 Å². The van der Waals surface area contributed by atoms with E-state index in [-0.39, 0.29) is 39.9 Å². The third-order valence-corrected chi connectivity index (χ3v) is 6.43. The molecule has 0 heterocycles. The summed E-state index contributed by atoms with van der Waals surface area (Å²) in [6.45, 7) is 9.59. The minimum absolute atomic E-state index is 0.00173. The molecule has 3 aromatic carbocycles. The van der Waals surface area contributed by atoms with Gasteiger partial charge in [-0.2, -0.15) is 0 Å². The van der Waals surface area contributed by atoms with E-state index >= 15 is 0 Å². The van der Waals surface area contributed by atoms with Gasteiger partial charge >= 0.3 is 5.97 Å². The lowest BCUT2D eigenvalue weighted by molar-refractivity contribution is 0.0733. The molecule has 0 bridgehead atoms. The van der Waals surface area contributed by atoms with Crippen molar-refractivity contribution in [2.24, 2.45) is 5.92 Å². The van der Waals surface area contributed by atoms with Crippen LogP contribution in [-0.4, -0.2) is 33.3 Å². The zero-order valence-corrected chi connectivity index (χ0v) is 21.7. The van der Waals surface area contributed by atoms with Gasteiger partial charge in [0.05, 0.1) is 16.7 Å². The summed E-state index contributed by atoms with van der Waals surface area (Å²) in [5, 5.41) is 20.9. The maximum Gasteiger partial charge on any atom is 0.343 e. The number of carbonyl (C=O) groups is 3. The van der Waals surface area contributed by atoms with Gasteiger partial charge in [-0.25, -0.2) is 4.79 Å². The minimum Gasteiger partial charge on any atom is -0.507 e. The normalized spacial score (nSPS) is 11.3. The minimum atomic E-state index is -0.679. The average molecular weight is 505 g/mol. The number of carbonyl (C=O) groups excluding carboxylic acids is 3. The maximum atomic E-state index is 13.0. The highest BCUT2D eigenvalue weighted by molar-refractivity contribution is 6.12. The number of ketones is 2. The molecule has 0 amide bonds. The summed E-state index contributed by atoms with van der Waals surface area (Å²) in [7, 11) is 0. The van der Waals surface area contributed by atoms with Gasteiger partial charge in [-0.05, 0) is 56.2 Å². The summed E-state index contributed by atoms with van der Waals surface area (Å²) in [5.74, 6) is -1.67. The van der Waals surface area contributed by atoms with E-state index in [1.54, 1.807) is 32.0 Å². The highest BCUT2D eigenvalue weighted by Crippen LogP contribution is 2.33. The Morgan fingerprint density at radius 3 is 1.76 bits per heavy atom. The van der Waals surface area contributed by atoms with Gasteiger partial charge < -0.3 is 19.7 Å². The van der Waals surface area contributed by atoms with Crippen LogP contribution in [0, 0.1) is 5.92 Å². The lowest BCUT2D eigenvalue weighted by atomic mass is 9.99. The Hall–Kier alpha value is -4.13. The highest BCUT2D eigenvalue weighted by atomic mass is 16.5. The molecule has 0 aromatic heterocycles. The molecule has 0 aliphatic rings. The van der Waals surface area contributed by atoms with Crippen LogP contribution in [0.1, 0.15) is 84.1 Å². The molecule has 3 aromatic rings. The number of phenols is 2. The van der Waals surface area contributed by atoms with Gasteiger partial charge in [0.15, 0.2) is 11.6 Å². The third-order valence-electron chi connectivity index (χ3n) is 6.43. The molecule has 0 saturated heterocycles. The molecule has 194 valence electrons. The fourth-order valence-electron chi connectivity index (χ4n) is 3.63. The Labute approximate surface area is 216 Å². The Kier molecular flexibility index (Phi) is 8.38. The molecule has 0 saturated carbocycles. The summed E-state index contributed by atoms with van der Waals surface area (Å²) < 4.78 is 11.3. The predicted molar refractivity (Wildman–Crippen MR) is 140 cm³/mol. The van der Waals surface area contributed by atoms with Crippen LogP contribution < -0.4 is 9.47 Å². The molecule has 7 heteroatoms. The van der Waals surface area contributed by atoms with E-state index in [0.29, 0.717) is 11.3 Å². The van der Waals surface area contributed by atoms with Crippen LogP contribution in [0.5, 0.6) is 23.0 Å². The summed E-state index contributed by atoms with van der Waals surface area (Å²) in [4.78, 5) is 37.6. The van der Waals surface area contributed by atoms with Gasteiger partial charge in [-0.15, -0.1) is 0 Å². The largest absolute Gasteiger partial charge is 0.507 e. The van der Waals surface area contributed by atoms with Gasteiger partial charge in [0.2, 0.25) is 0 Å². The summed E-state index contributed by atoms with van der Waals surface area (Å²) in [5.41, 5.74) is 0.274. The Morgan fingerprint density at radius 1 is 0.784 bits per heavy atom. The van der Waals surface area contributed by atoms with Crippen LogP contribution in [0.15, 0.2) is 60.7 Å². The van der Waals surface area contributed by atoms with Crippen molar-refractivity contribution in [1.82, 2.24) is 0 Å². The van der Waals surface area contributed by atoms with Crippen molar-refractivity contribution in [3.05, 3.63) is 82.9 Å². The number of hydrogen-bond donors (Lipinski definition) is 2. The van der Waals surface area contributed by atoms with Crippen molar-refractivity contribution in [2.45, 2.75) is 53.1 Å². The topological polar surface area (TPSA) is 110 Å². The monoisotopic (exact) mass is 504 g/mol. The third kappa shape index (κ3) is 6.36. The molecule has 3 rings (SSSR count). The van der Waals surface area contributed by atoms with E-state index in [2.05, 4.69) is 0 Å². The van der Waals surface area contributed by atoms with Crippen LogP contribution in [0.4, 0.5) is 0 Å². The highest BCUT2D eigenvalue weighted by Gasteiger charge is 2.24. The zero-order valence-electron chi connectivity index (χ0n) is 21.7. The predicted octanol–water partition coefficient (Wildman–Crippen LogP) is 6.34. The van der Waals surface area contributed by atoms with E-state index in [1.165, 1.54) is 36.4 Å². The SMILES string of the molecule is CCC(C)(CC)Oc1ccc(C(=O)c2ccc(OC(=O)c3ccc(C(=O)C(C)C)cc3)cc2O)c(O)c1. The molecule has 0 radical (unpaired) electrons. The standard InChI is InChI=1S/C30H32O7/c1-6-30(5,7-2)37-22-13-15-24(26(32)17-22)28(34)23-14-12-21(16-25(23)31)36-29(35)20-10-8-19(9-11-20)27(33)18(3)4/h8-18,31-32H,6-7H2,1-5H3. The quantitative estimate of drug-likeness (QED) is 0.188. The Bertz CT molecular complexity index is 1300. The second-order valence-electron chi connectivity index (χ2n) is 9.43. The van der Waals surface area contributed by atoms with Crippen molar-refractivity contribution in [3.8, 4) is 23.0 Å². The number of hydrogen-bond acceptors (Lipinski definition) is 7. The second kappa shape index (κ2) is 11.3.